The van der Waals surface area contributed by atoms with Crippen molar-refractivity contribution in [3.8, 4) is 17.1 Å². The topological polar surface area (TPSA) is 97.1 Å². The third-order valence-corrected chi connectivity index (χ3v) is 5.02. The molecule has 1 fully saturated rings. The molecule has 1 saturated heterocycles. The second-order valence-corrected chi connectivity index (χ2v) is 6.67. The normalized spacial score (nSPS) is 19.3. The molecule has 138 valence electrons. The molecule has 0 bridgehead atoms. The monoisotopic (exact) mass is 363 g/mol. The number of benzene rings is 2. The quantitative estimate of drug-likeness (QED) is 0.739. The fourth-order valence-corrected chi connectivity index (χ4v) is 3.50. The van der Waals surface area contributed by atoms with Gasteiger partial charge in [-0.1, -0.05) is 24.3 Å². The molecule has 27 heavy (non-hydrogen) atoms. The Labute approximate surface area is 157 Å². The van der Waals surface area contributed by atoms with Crippen molar-refractivity contribution in [1.29, 1.82) is 0 Å². The van der Waals surface area contributed by atoms with Crippen LogP contribution in [0, 0.1) is 0 Å². The lowest BCUT2D eigenvalue weighted by Crippen LogP contribution is -2.32. The molecule has 2 aromatic carbocycles. The smallest absolute Gasteiger partial charge is 0.253 e. The maximum Gasteiger partial charge on any atom is 0.253 e. The number of carbonyl (C=O) groups is 1. The van der Waals surface area contributed by atoms with E-state index in [-0.39, 0.29) is 17.9 Å². The number of carbonyl (C=O) groups excluding carboxylic acids is 1. The molecule has 7 nitrogen and oxygen atoms in total. The number of rotatable bonds is 4. The molecule has 0 aliphatic carbocycles. The van der Waals surface area contributed by atoms with Crippen molar-refractivity contribution < 1.29 is 9.53 Å². The Morgan fingerprint density at radius 2 is 1.89 bits per heavy atom. The fraction of sp³-hybridized carbons (Fsp3) is 0.250. The number of aromatic nitrogens is 3. The Kier molecular flexibility index (Phi) is 4.60. The largest absolute Gasteiger partial charge is 0.497 e. The molecular formula is C20H21N5O2. The van der Waals surface area contributed by atoms with Crippen LogP contribution in [0.4, 0.5) is 0 Å². The number of likely N-dealkylation sites (tertiary alicyclic amines) is 1. The molecule has 3 aromatic rings. The number of hydrogen-bond donors (Lipinski definition) is 2. The predicted octanol–water partition coefficient (Wildman–Crippen LogP) is 2.05. The standard InChI is InChI=1S/C20H21N5O2/c1-27-16-8-6-13(7-9-16)17-10-25(11-18(17)21)20(26)15-4-2-14(3-5-15)19-22-12-23-24-19/h2-9,12,17-18H,10-11,21H2,1H3,(H,22,23,24)/t17-,18+/m0/s1. The van der Waals surface area contributed by atoms with Crippen molar-refractivity contribution in [2.75, 3.05) is 20.2 Å². The van der Waals surface area contributed by atoms with Gasteiger partial charge in [0.2, 0.25) is 0 Å². The number of methoxy groups -OCH3 is 1. The minimum atomic E-state index is -0.0872. The highest BCUT2D eigenvalue weighted by molar-refractivity contribution is 5.95. The highest BCUT2D eigenvalue weighted by Gasteiger charge is 2.34. The van der Waals surface area contributed by atoms with Crippen LogP contribution < -0.4 is 10.5 Å². The molecule has 7 heteroatoms. The maximum absolute atomic E-state index is 12.9. The van der Waals surface area contributed by atoms with Gasteiger partial charge in [0, 0.05) is 36.2 Å². The van der Waals surface area contributed by atoms with Gasteiger partial charge in [-0.05, 0) is 29.8 Å². The van der Waals surface area contributed by atoms with Gasteiger partial charge in [0.15, 0.2) is 5.82 Å². The van der Waals surface area contributed by atoms with Gasteiger partial charge in [-0.25, -0.2) is 4.98 Å². The molecule has 1 aliphatic rings. The summed E-state index contributed by atoms with van der Waals surface area (Å²) in [5.74, 6) is 1.60. The SMILES string of the molecule is COc1ccc([C@@H]2CN(C(=O)c3ccc(-c4ncn[nH]4)cc3)C[C@H]2N)cc1. The lowest BCUT2D eigenvalue weighted by molar-refractivity contribution is 0.0789. The fourth-order valence-electron chi connectivity index (χ4n) is 3.50. The molecule has 0 spiro atoms. The minimum absolute atomic E-state index is 0.00872. The highest BCUT2D eigenvalue weighted by Crippen LogP contribution is 2.29. The first-order valence-electron chi connectivity index (χ1n) is 8.80. The van der Waals surface area contributed by atoms with E-state index in [2.05, 4.69) is 15.2 Å². The van der Waals surface area contributed by atoms with E-state index in [1.54, 1.807) is 7.11 Å². The first-order chi connectivity index (χ1) is 13.2. The van der Waals surface area contributed by atoms with Crippen molar-refractivity contribution in [2.45, 2.75) is 12.0 Å². The van der Waals surface area contributed by atoms with Gasteiger partial charge in [-0.3, -0.25) is 9.89 Å². The van der Waals surface area contributed by atoms with E-state index in [0.717, 1.165) is 16.9 Å². The van der Waals surface area contributed by atoms with E-state index in [1.165, 1.54) is 6.33 Å². The van der Waals surface area contributed by atoms with E-state index >= 15 is 0 Å². The molecule has 1 aliphatic heterocycles. The summed E-state index contributed by atoms with van der Waals surface area (Å²) in [5.41, 5.74) is 8.98. The lowest BCUT2D eigenvalue weighted by atomic mass is 9.95. The summed E-state index contributed by atoms with van der Waals surface area (Å²) < 4.78 is 5.21. The van der Waals surface area contributed by atoms with Crippen LogP contribution >= 0.6 is 0 Å². The van der Waals surface area contributed by atoms with Crippen LogP contribution in [0.2, 0.25) is 0 Å². The average molecular weight is 363 g/mol. The van der Waals surface area contributed by atoms with Gasteiger partial charge in [-0.15, -0.1) is 0 Å². The summed E-state index contributed by atoms with van der Waals surface area (Å²) in [6.07, 6.45) is 1.46. The molecule has 1 amide bonds. The van der Waals surface area contributed by atoms with Crippen LogP contribution in [-0.4, -0.2) is 52.2 Å². The number of ether oxygens (including phenoxy) is 1. The van der Waals surface area contributed by atoms with Gasteiger partial charge in [0.25, 0.3) is 5.91 Å². The van der Waals surface area contributed by atoms with Crippen molar-refractivity contribution in [3.05, 3.63) is 66.0 Å². The van der Waals surface area contributed by atoms with Gasteiger partial charge in [0.1, 0.15) is 12.1 Å². The first kappa shape index (κ1) is 17.2. The third-order valence-electron chi connectivity index (χ3n) is 5.02. The second-order valence-electron chi connectivity index (χ2n) is 6.67. The second kappa shape index (κ2) is 7.20. The molecule has 0 radical (unpaired) electrons. The van der Waals surface area contributed by atoms with Gasteiger partial charge in [0.05, 0.1) is 7.11 Å². The van der Waals surface area contributed by atoms with E-state index in [4.69, 9.17) is 10.5 Å². The highest BCUT2D eigenvalue weighted by atomic mass is 16.5. The van der Waals surface area contributed by atoms with Crippen molar-refractivity contribution in [3.63, 3.8) is 0 Å². The number of aromatic amines is 1. The number of nitrogens with two attached hydrogens (primary N) is 1. The van der Waals surface area contributed by atoms with Crippen LogP contribution in [0.5, 0.6) is 5.75 Å². The molecular weight excluding hydrogens is 342 g/mol. The number of hydrogen-bond acceptors (Lipinski definition) is 5. The Bertz CT molecular complexity index is 907. The van der Waals surface area contributed by atoms with E-state index in [9.17, 15) is 4.79 Å². The molecule has 0 saturated carbocycles. The molecule has 3 N–H and O–H groups in total. The number of H-pyrrole nitrogens is 1. The van der Waals surface area contributed by atoms with Crippen LogP contribution in [0.25, 0.3) is 11.4 Å². The molecule has 2 atom stereocenters. The maximum atomic E-state index is 12.9. The zero-order valence-electron chi connectivity index (χ0n) is 15.0. The number of nitrogens with zero attached hydrogens (tertiary/aromatic N) is 3. The lowest BCUT2D eigenvalue weighted by Gasteiger charge is -2.17. The van der Waals surface area contributed by atoms with E-state index in [0.29, 0.717) is 24.5 Å². The average Bonchev–Trinajstić information content (AvgIpc) is 3.38. The Hall–Kier alpha value is -3.19. The predicted molar refractivity (Wildman–Crippen MR) is 101 cm³/mol. The van der Waals surface area contributed by atoms with Crippen molar-refractivity contribution >= 4 is 5.91 Å². The summed E-state index contributed by atoms with van der Waals surface area (Å²) in [6.45, 7) is 1.15. The molecule has 2 heterocycles. The first-order valence-corrected chi connectivity index (χ1v) is 8.80. The Morgan fingerprint density at radius 1 is 1.15 bits per heavy atom. The molecule has 4 rings (SSSR count). The summed E-state index contributed by atoms with van der Waals surface area (Å²) in [7, 11) is 1.64. The Balaban J connectivity index is 1.47. The zero-order valence-corrected chi connectivity index (χ0v) is 15.0. The number of amides is 1. The van der Waals surface area contributed by atoms with E-state index < -0.39 is 0 Å². The third kappa shape index (κ3) is 3.41. The van der Waals surface area contributed by atoms with Crippen LogP contribution in [0.1, 0.15) is 21.8 Å². The van der Waals surface area contributed by atoms with Gasteiger partial charge < -0.3 is 15.4 Å². The summed E-state index contributed by atoms with van der Waals surface area (Å²) in [5, 5.41) is 6.66. The van der Waals surface area contributed by atoms with Crippen LogP contribution in [0.15, 0.2) is 54.9 Å². The van der Waals surface area contributed by atoms with Crippen LogP contribution in [-0.2, 0) is 0 Å². The summed E-state index contributed by atoms with van der Waals surface area (Å²) in [6, 6.07) is 15.2. The number of nitrogens with one attached hydrogen (secondary N) is 1. The zero-order chi connectivity index (χ0) is 18.8. The van der Waals surface area contributed by atoms with Crippen molar-refractivity contribution in [1.82, 2.24) is 20.1 Å². The summed E-state index contributed by atoms with van der Waals surface area (Å²) >= 11 is 0. The van der Waals surface area contributed by atoms with Crippen LogP contribution in [0.3, 0.4) is 0 Å². The summed E-state index contributed by atoms with van der Waals surface area (Å²) in [4.78, 5) is 18.8. The molecule has 0 unspecified atom stereocenters. The molecule has 1 aromatic heterocycles. The van der Waals surface area contributed by atoms with Gasteiger partial charge in [-0.2, -0.15) is 5.10 Å². The minimum Gasteiger partial charge on any atom is -0.497 e. The van der Waals surface area contributed by atoms with Crippen molar-refractivity contribution in [2.24, 2.45) is 5.73 Å². The van der Waals surface area contributed by atoms with E-state index in [1.807, 2.05) is 53.4 Å². The Morgan fingerprint density at radius 3 is 2.52 bits per heavy atom. The van der Waals surface area contributed by atoms with Gasteiger partial charge >= 0.3 is 0 Å².